The van der Waals surface area contributed by atoms with Crippen molar-refractivity contribution in [3.05, 3.63) is 0 Å². The Labute approximate surface area is 102 Å². The minimum atomic E-state index is 0.109. The number of aromatic nitrogens is 3. The zero-order valence-corrected chi connectivity index (χ0v) is 10.8. The van der Waals surface area contributed by atoms with Gasteiger partial charge in [0.1, 0.15) is 0 Å². The molecule has 0 saturated carbocycles. The molecule has 0 radical (unpaired) electrons. The van der Waals surface area contributed by atoms with Crippen molar-refractivity contribution in [1.82, 2.24) is 15.0 Å². The highest BCUT2D eigenvalue weighted by molar-refractivity contribution is 5.20. The lowest BCUT2D eigenvalue weighted by molar-refractivity contribution is 0.226. The number of rotatable bonds is 6. The summed E-state index contributed by atoms with van der Waals surface area (Å²) in [6.45, 7) is 9.24. The van der Waals surface area contributed by atoms with Crippen LogP contribution in [-0.2, 0) is 0 Å². The lowest BCUT2D eigenvalue weighted by Gasteiger charge is -2.10. The molecule has 1 aromatic rings. The van der Waals surface area contributed by atoms with Gasteiger partial charge in [-0.3, -0.25) is 0 Å². The van der Waals surface area contributed by atoms with E-state index < -0.39 is 0 Å². The smallest absolute Gasteiger partial charge is 0.324 e. The van der Waals surface area contributed by atoms with Gasteiger partial charge >= 0.3 is 12.0 Å². The van der Waals surface area contributed by atoms with E-state index in [0.717, 1.165) is 0 Å². The highest BCUT2D eigenvalue weighted by Crippen LogP contribution is 2.12. The highest BCUT2D eigenvalue weighted by Gasteiger charge is 2.08. The lowest BCUT2D eigenvalue weighted by atomic mass is 10.2. The lowest BCUT2D eigenvalue weighted by Crippen LogP contribution is -2.12. The molecular formula is C11H20N4O2. The minimum Gasteiger partial charge on any atom is -0.463 e. The molecule has 0 fully saturated rings. The monoisotopic (exact) mass is 240 g/mol. The largest absolute Gasteiger partial charge is 0.463 e. The SMILES string of the molecule is CC(C)COc1nc(N)nc(OCC(C)C)n1. The van der Waals surface area contributed by atoms with Crippen LogP contribution in [-0.4, -0.2) is 28.2 Å². The van der Waals surface area contributed by atoms with E-state index >= 15 is 0 Å². The van der Waals surface area contributed by atoms with Crippen molar-refractivity contribution in [3.63, 3.8) is 0 Å². The molecule has 0 unspecified atom stereocenters. The highest BCUT2D eigenvalue weighted by atomic mass is 16.5. The average Bonchev–Trinajstić information content (AvgIpc) is 2.23. The second-order valence-electron chi connectivity index (χ2n) is 4.67. The van der Waals surface area contributed by atoms with E-state index in [1.165, 1.54) is 0 Å². The molecule has 0 atom stereocenters. The molecule has 6 nitrogen and oxygen atoms in total. The van der Waals surface area contributed by atoms with Gasteiger partial charge in [0.25, 0.3) is 0 Å². The van der Waals surface area contributed by atoms with Crippen LogP contribution < -0.4 is 15.2 Å². The molecule has 96 valence electrons. The molecule has 0 aliphatic rings. The van der Waals surface area contributed by atoms with E-state index in [1.807, 2.05) is 27.7 Å². The molecule has 0 amide bonds. The van der Waals surface area contributed by atoms with Crippen LogP contribution in [0, 0.1) is 11.8 Å². The first-order chi connectivity index (χ1) is 7.97. The second kappa shape index (κ2) is 6.22. The zero-order chi connectivity index (χ0) is 12.8. The molecule has 0 aromatic carbocycles. The summed E-state index contributed by atoms with van der Waals surface area (Å²) < 4.78 is 10.7. The van der Waals surface area contributed by atoms with Crippen LogP contribution in [0.15, 0.2) is 0 Å². The van der Waals surface area contributed by atoms with Crippen LogP contribution in [0.2, 0.25) is 0 Å². The Hall–Kier alpha value is -1.59. The maximum atomic E-state index is 5.55. The van der Waals surface area contributed by atoms with E-state index in [2.05, 4.69) is 15.0 Å². The predicted molar refractivity (Wildman–Crippen MR) is 64.9 cm³/mol. The molecule has 6 heteroatoms. The number of nitrogens with two attached hydrogens (primary N) is 1. The van der Waals surface area contributed by atoms with Crippen molar-refractivity contribution in [2.24, 2.45) is 11.8 Å². The third-order valence-corrected chi connectivity index (χ3v) is 1.70. The summed E-state index contributed by atoms with van der Waals surface area (Å²) in [5, 5.41) is 0. The zero-order valence-electron chi connectivity index (χ0n) is 10.8. The van der Waals surface area contributed by atoms with Crippen molar-refractivity contribution in [2.45, 2.75) is 27.7 Å². The Kier molecular flexibility index (Phi) is 4.93. The molecule has 1 aromatic heterocycles. The predicted octanol–water partition coefficient (Wildman–Crippen LogP) is 1.52. The normalized spacial score (nSPS) is 10.9. The van der Waals surface area contributed by atoms with Gasteiger partial charge in [-0.05, 0) is 11.8 Å². The Bertz CT molecular complexity index is 325. The molecule has 1 heterocycles. The molecule has 0 spiro atoms. The topological polar surface area (TPSA) is 83.2 Å². The van der Waals surface area contributed by atoms with Crippen LogP contribution in [0.25, 0.3) is 0 Å². The summed E-state index contributed by atoms with van der Waals surface area (Å²) in [7, 11) is 0. The summed E-state index contributed by atoms with van der Waals surface area (Å²) in [6.07, 6.45) is 0. The van der Waals surface area contributed by atoms with Crippen LogP contribution in [0.3, 0.4) is 0 Å². The number of anilines is 1. The summed E-state index contributed by atoms with van der Waals surface area (Å²) in [5.74, 6) is 0.901. The first-order valence-electron chi connectivity index (χ1n) is 5.74. The maximum absolute atomic E-state index is 5.55. The fourth-order valence-corrected chi connectivity index (χ4v) is 0.964. The summed E-state index contributed by atoms with van der Waals surface area (Å²) in [4.78, 5) is 11.8. The standard InChI is InChI=1S/C11H20N4O2/c1-7(2)5-16-10-13-9(12)14-11(15-10)17-6-8(3)4/h7-8H,5-6H2,1-4H3,(H2,12,13,14,15). The third kappa shape index (κ3) is 5.33. The maximum Gasteiger partial charge on any atom is 0.324 e. The van der Waals surface area contributed by atoms with Crippen LogP contribution in [0.5, 0.6) is 12.0 Å². The van der Waals surface area contributed by atoms with Gasteiger partial charge in [0.15, 0.2) is 0 Å². The van der Waals surface area contributed by atoms with Gasteiger partial charge in [-0.1, -0.05) is 27.7 Å². The molecule has 0 aliphatic heterocycles. The third-order valence-electron chi connectivity index (χ3n) is 1.70. The molecular weight excluding hydrogens is 220 g/mol. The van der Waals surface area contributed by atoms with Gasteiger partial charge in [-0.15, -0.1) is 4.98 Å². The van der Waals surface area contributed by atoms with Gasteiger partial charge in [-0.2, -0.15) is 9.97 Å². The Morgan fingerprint density at radius 1 is 0.882 bits per heavy atom. The van der Waals surface area contributed by atoms with Crippen molar-refractivity contribution in [1.29, 1.82) is 0 Å². The van der Waals surface area contributed by atoms with Crippen molar-refractivity contribution >= 4 is 5.95 Å². The first-order valence-corrected chi connectivity index (χ1v) is 5.74. The molecule has 2 N–H and O–H groups in total. The van der Waals surface area contributed by atoms with Gasteiger partial charge in [0, 0.05) is 0 Å². The molecule has 0 bridgehead atoms. The fourth-order valence-electron chi connectivity index (χ4n) is 0.964. The van der Waals surface area contributed by atoms with E-state index in [-0.39, 0.29) is 18.0 Å². The minimum absolute atomic E-state index is 0.109. The summed E-state index contributed by atoms with van der Waals surface area (Å²) in [6, 6.07) is 0.426. The van der Waals surface area contributed by atoms with Crippen LogP contribution in [0.1, 0.15) is 27.7 Å². The van der Waals surface area contributed by atoms with Crippen LogP contribution >= 0.6 is 0 Å². The Morgan fingerprint density at radius 2 is 1.29 bits per heavy atom. The van der Waals surface area contributed by atoms with Crippen molar-refractivity contribution in [3.8, 4) is 12.0 Å². The van der Waals surface area contributed by atoms with E-state index in [0.29, 0.717) is 25.0 Å². The summed E-state index contributed by atoms with van der Waals surface area (Å²) in [5.41, 5.74) is 5.55. The quantitative estimate of drug-likeness (QED) is 0.811. The van der Waals surface area contributed by atoms with E-state index in [4.69, 9.17) is 15.2 Å². The van der Waals surface area contributed by atoms with Crippen molar-refractivity contribution in [2.75, 3.05) is 18.9 Å². The number of ether oxygens (including phenoxy) is 2. The molecule has 17 heavy (non-hydrogen) atoms. The Balaban J connectivity index is 2.65. The van der Waals surface area contributed by atoms with Gasteiger partial charge in [-0.25, -0.2) is 0 Å². The Morgan fingerprint density at radius 3 is 1.65 bits per heavy atom. The number of nitrogens with zero attached hydrogens (tertiary/aromatic N) is 3. The van der Waals surface area contributed by atoms with Gasteiger partial charge in [0.05, 0.1) is 13.2 Å². The van der Waals surface area contributed by atoms with Gasteiger partial charge in [0.2, 0.25) is 5.95 Å². The fraction of sp³-hybridized carbons (Fsp3) is 0.727. The van der Waals surface area contributed by atoms with Gasteiger partial charge < -0.3 is 15.2 Å². The average molecular weight is 240 g/mol. The molecule has 1 rings (SSSR count). The molecule has 0 aliphatic carbocycles. The van der Waals surface area contributed by atoms with E-state index in [9.17, 15) is 0 Å². The van der Waals surface area contributed by atoms with Crippen molar-refractivity contribution < 1.29 is 9.47 Å². The number of nitrogen functional groups attached to an aromatic ring is 1. The molecule has 0 saturated heterocycles. The summed E-state index contributed by atoms with van der Waals surface area (Å²) >= 11 is 0. The second-order valence-corrected chi connectivity index (χ2v) is 4.67. The van der Waals surface area contributed by atoms with E-state index in [1.54, 1.807) is 0 Å². The van der Waals surface area contributed by atoms with Crippen LogP contribution in [0.4, 0.5) is 5.95 Å². The first kappa shape index (κ1) is 13.5. The number of hydrogen-bond donors (Lipinski definition) is 1. The number of hydrogen-bond acceptors (Lipinski definition) is 6.